The van der Waals surface area contributed by atoms with E-state index in [0.717, 1.165) is 72.3 Å². The zero-order chi connectivity index (χ0) is 17.7. The minimum absolute atomic E-state index is 0.110. The van der Waals surface area contributed by atoms with Crippen molar-refractivity contribution in [1.82, 2.24) is 14.3 Å². The average molecular weight is 394 g/mol. The highest BCUT2D eigenvalue weighted by Gasteiger charge is 2.24. The van der Waals surface area contributed by atoms with Crippen molar-refractivity contribution >= 4 is 27.5 Å². The Labute approximate surface area is 153 Å². The second-order valence-corrected chi connectivity index (χ2v) is 7.21. The van der Waals surface area contributed by atoms with Crippen LogP contribution in [0.5, 0.6) is 0 Å². The van der Waals surface area contributed by atoms with Crippen LogP contribution in [0.25, 0.3) is 5.65 Å². The molecule has 2 rings (SSSR count). The molecular formula is C19H28BrN3O. The Bertz CT molecular complexity index is 700. The van der Waals surface area contributed by atoms with Crippen LogP contribution in [-0.4, -0.2) is 33.3 Å². The molecule has 2 heterocycles. The summed E-state index contributed by atoms with van der Waals surface area (Å²) in [4.78, 5) is 20.0. The second kappa shape index (κ2) is 8.65. The van der Waals surface area contributed by atoms with Gasteiger partial charge in [0.1, 0.15) is 11.3 Å². The Morgan fingerprint density at radius 1 is 1.21 bits per heavy atom. The summed E-state index contributed by atoms with van der Waals surface area (Å²) in [7, 11) is 0. The predicted octanol–water partition coefficient (Wildman–Crippen LogP) is 5.01. The average Bonchev–Trinajstić information content (AvgIpc) is 2.93. The lowest BCUT2D eigenvalue weighted by Crippen LogP contribution is -2.34. The zero-order valence-corrected chi connectivity index (χ0v) is 16.8. The minimum Gasteiger partial charge on any atom is -0.337 e. The summed E-state index contributed by atoms with van der Waals surface area (Å²) in [5, 5.41) is 0. The van der Waals surface area contributed by atoms with Crippen LogP contribution in [0.4, 0.5) is 0 Å². The number of fused-ring (bicyclic) bond motifs is 1. The number of aryl methyl sites for hydroxylation is 2. The maximum Gasteiger partial charge on any atom is 0.272 e. The molecule has 0 spiro atoms. The fourth-order valence-electron chi connectivity index (χ4n) is 2.95. The monoisotopic (exact) mass is 393 g/mol. The van der Waals surface area contributed by atoms with Crippen molar-refractivity contribution in [2.45, 2.75) is 59.8 Å². The standard InChI is InChI=1S/C19H28BrN3O/c1-5-8-10-22(11-9-6-2)19(24)17-16(7-3)21-18-14(4)12-15(20)13-23(17)18/h12-13H,5-11H2,1-4H3. The van der Waals surface area contributed by atoms with Crippen molar-refractivity contribution < 1.29 is 4.79 Å². The first-order valence-electron chi connectivity index (χ1n) is 8.99. The Balaban J connectivity index is 2.49. The smallest absolute Gasteiger partial charge is 0.272 e. The molecule has 0 aliphatic rings. The fourth-order valence-corrected chi connectivity index (χ4v) is 3.50. The van der Waals surface area contributed by atoms with Gasteiger partial charge >= 0.3 is 0 Å². The number of nitrogens with zero attached hydrogens (tertiary/aromatic N) is 3. The van der Waals surface area contributed by atoms with Crippen LogP contribution in [0, 0.1) is 6.92 Å². The number of carbonyl (C=O) groups is 1. The number of amides is 1. The molecule has 24 heavy (non-hydrogen) atoms. The lowest BCUT2D eigenvalue weighted by Gasteiger charge is -2.22. The number of pyridine rings is 1. The highest BCUT2D eigenvalue weighted by molar-refractivity contribution is 9.10. The summed E-state index contributed by atoms with van der Waals surface area (Å²) >= 11 is 3.55. The second-order valence-electron chi connectivity index (χ2n) is 6.29. The molecule has 0 N–H and O–H groups in total. The topological polar surface area (TPSA) is 37.6 Å². The number of imidazole rings is 1. The molecule has 5 heteroatoms. The van der Waals surface area contributed by atoms with E-state index in [1.54, 1.807) is 0 Å². The molecule has 0 unspecified atom stereocenters. The third-order valence-corrected chi connectivity index (χ3v) is 4.76. The van der Waals surface area contributed by atoms with Crippen molar-refractivity contribution in [2.24, 2.45) is 0 Å². The molecule has 0 bridgehead atoms. The maximum absolute atomic E-state index is 13.3. The van der Waals surface area contributed by atoms with Gasteiger partial charge in [0.2, 0.25) is 0 Å². The maximum atomic E-state index is 13.3. The van der Waals surface area contributed by atoms with Crippen molar-refractivity contribution in [3.05, 3.63) is 33.7 Å². The number of hydrogen-bond donors (Lipinski definition) is 0. The van der Waals surface area contributed by atoms with Gasteiger partial charge in [-0.2, -0.15) is 0 Å². The first-order chi connectivity index (χ1) is 11.5. The fraction of sp³-hybridized carbons (Fsp3) is 0.579. The molecule has 1 amide bonds. The summed E-state index contributed by atoms with van der Waals surface area (Å²) in [6.07, 6.45) is 6.98. The normalized spacial score (nSPS) is 11.2. The molecule has 4 nitrogen and oxygen atoms in total. The van der Waals surface area contributed by atoms with Crippen LogP contribution in [-0.2, 0) is 6.42 Å². The van der Waals surface area contributed by atoms with Crippen LogP contribution >= 0.6 is 15.9 Å². The third-order valence-electron chi connectivity index (χ3n) is 4.33. The Kier molecular flexibility index (Phi) is 6.84. The van der Waals surface area contributed by atoms with Crippen LogP contribution in [0.15, 0.2) is 16.7 Å². The van der Waals surface area contributed by atoms with E-state index in [2.05, 4.69) is 36.7 Å². The molecule has 0 radical (unpaired) electrons. The SMILES string of the molecule is CCCCN(CCCC)C(=O)c1c(CC)nc2c(C)cc(Br)cn12. The van der Waals surface area contributed by atoms with Crippen molar-refractivity contribution in [3.8, 4) is 0 Å². The number of carbonyl (C=O) groups excluding carboxylic acids is 1. The molecular weight excluding hydrogens is 366 g/mol. The van der Waals surface area contributed by atoms with Gasteiger partial charge in [0.25, 0.3) is 5.91 Å². The molecule has 132 valence electrons. The highest BCUT2D eigenvalue weighted by atomic mass is 79.9. The zero-order valence-electron chi connectivity index (χ0n) is 15.2. The summed E-state index contributed by atoms with van der Waals surface area (Å²) in [5.41, 5.74) is 3.57. The van der Waals surface area contributed by atoms with Crippen molar-refractivity contribution in [1.29, 1.82) is 0 Å². The van der Waals surface area contributed by atoms with E-state index in [4.69, 9.17) is 4.98 Å². The summed E-state index contributed by atoms with van der Waals surface area (Å²) in [6, 6.07) is 2.04. The quantitative estimate of drug-likeness (QED) is 0.631. The van der Waals surface area contributed by atoms with E-state index in [9.17, 15) is 4.79 Å². The van der Waals surface area contributed by atoms with E-state index in [-0.39, 0.29) is 5.91 Å². The Hall–Kier alpha value is -1.36. The van der Waals surface area contributed by atoms with Gasteiger partial charge in [0.15, 0.2) is 0 Å². The largest absolute Gasteiger partial charge is 0.337 e. The van der Waals surface area contributed by atoms with Crippen LogP contribution < -0.4 is 0 Å². The van der Waals surface area contributed by atoms with Gasteiger partial charge in [0.05, 0.1) is 5.69 Å². The van der Waals surface area contributed by atoms with Gasteiger partial charge in [0, 0.05) is 23.8 Å². The van der Waals surface area contributed by atoms with Crippen LogP contribution in [0.2, 0.25) is 0 Å². The van der Waals surface area contributed by atoms with Gasteiger partial charge in [-0.1, -0.05) is 33.6 Å². The van der Waals surface area contributed by atoms with Gasteiger partial charge in [-0.25, -0.2) is 4.98 Å². The van der Waals surface area contributed by atoms with Gasteiger partial charge in [-0.05, 0) is 53.7 Å². The van der Waals surface area contributed by atoms with E-state index in [1.807, 2.05) is 28.5 Å². The van der Waals surface area contributed by atoms with Crippen molar-refractivity contribution in [2.75, 3.05) is 13.1 Å². The summed E-state index contributed by atoms with van der Waals surface area (Å²) in [5.74, 6) is 0.110. The van der Waals surface area contributed by atoms with Gasteiger partial charge in [-0.15, -0.1) is 0 Å². The molecule has 2 aromatic rings. The van der Waals surface area contributed by atoms with Crippen LogP contribution in [0.1, 0.15) is 68.2 Å². The summed E-state index contributed by atoms with van der Waals surface area (Å²) in [6.45, 7) is 10.1. The van der Waals surface area contributed by atoms with Crippen LogP contribution in [0.3, 0.4) is 0 Å². The lowest BCUT2D eigenvalue weighted by molar-refractivity contribution is 0.0743. The molecule has 0 saturated carbocycles. The predicted molar refractivity (Wildman–Crippen MR) is 103 cm³/mol. The van der Waals surface area contributed by atoms with Crippen molar-refractivity contribution in [3.63, 3.8) is 0 Å². The molecule has 0 fully saturated rings. The molecule has 0 aromatic carbocycles. The molecule has 0 atom stereocenters. The first-order valence-corrected chi connectivity index (χ1v) is 9.79. The van der Waals surface area contributed by atoms with E-state index >= 15 is 0 Å². The highest BCUT2D eigenvalue weighted by Crippen LogP contribution is 2.22. The van der Waals surface area contributed by atoms with E-state index in [0.29, 0.717) is 0 Å². The van der Waals surface area contributed by atoms with Gasteiger partial charge < -0.3 is 4.90 Å². The minimum atomic E-state index is 0.110. The molecule has 2 aromatic heterocycles. The lowest BCUT2D eigenvalue weighted by atomic mass is 10.2. The summed E-state index contributed by atoms with van der Waals surface area (Å²) < 4.78 is 2.93. The number of rotatable bonds is 8. The number of halogens is 1. The third kappa shape index (κ3) is 4.00. The number of aromatic nitrogens is 2. The van der Waals surface area contributed by atoms with Gasteiger partial charge in [-0.3, -0.25) is 9.20 Å². The Morgan fingerprint density at radius 2 is 1.83 bits per heavy atom. The Morgan fingerprint density at radius 3 is 2.38 bits per heavy atom. The molecule has 0 aliphatic carbocycles. The molecule has 0 saturated heterocycles. The first kappa shape index (κ1) is 19.0. The number of hydrogen-bond acceptors (Lipinski definition) is 2. The van der Waals surface area contributed by atoms with E-state index < -0.39 is 0 Å². The molecule has 0 aliphatic heterocycles. The van der Waals surface area contributed by atoms with E-state index in [1.165, 1.54) is 0 Å². The number of unbranched alkanes of at least 4 members (excludes halogenated alkanes) is 2.